The largest absolute Gasteiger partial charge is 0.484 e. The van der Waals surface area contributed by atoms with Crippen LogP contribution >= 0.6 is 11.6 Å². The van der Waals surface area contributed by atoms with Crippen molar-refractivity contribution in [3.8, 4) is 5.75 Å². The molecule has 0 radical (unpaired) electrons. The fraction of sp³-hybridized carbons (Fsp3) is 0.133. The van der Waals surface area contributed by atoms with Gasteiger partial charge in [-0.3, -0.25) is 0 Å². The molecule has 1 atom stereocenters. The van der Waals surface area contributed by atoms with Crippen molar-refractivity contribution in [2.45, 2.75) is 13.0 Å². The summed E-state index contributed by atoms with van der Waals surface area (Å²) in [5.41, 5.74) is 1.87. The van der Waals surface area contributed by atoms with Gasteiger partial charge in [-0.05, 0) is 36.2 Å². The van der Waals surface area contributed by atoms with Crippen LogP contribution in [0.15, 0.2) is 48.5 Å². The molecule has 0 aromatic heterocycles. The Morgan fingerprint density at radius 1 is 1.17 bits per heavy atom. The molecule has 18 heavy (non-hydrogen) atoms. The van der Waals surface area contributed by atoms with Crippen molar-refractivity contribution in [3.63, 3.8) is 0 Å². The Balaban J connectivity index is 2.17. The molecular formula is C15H14ClNO. The average molecular weight is 260 g/mol. The van der Waals surface area contributed by atoms with Crippen LogP contribution < -0.4 is 4.74 Å². The van der Waals surface area contributed by atoms with E-state index in [2.05, 4.69) is 0 Å². The molecule has 3 heteroatoms. The second-order valence-corrected chi connectivity index (χ2v) is 4.41. The summed E-state index contributed by atoms with van der Waals surface area (Å²) in [5.74, 6) is 0.638. The maximum absolute atomic E-state index is 7.16. The summed E-state index contributed by atoms with van der Waals surface area (Å²) in [6.45, 7) is 1.98. The third-order valence-corrected chi connectivity index (χ3v) is 2.99. The minimum Gasteiger partial charge on any atom is -0.484 e. The van der Waals surface area contributed by atoms with Crippen molar-refractivity contribution >= 4 is 17.8 Å². The Morgan fingerprint density at radius 2 is 1.89 bits per heavy atom. The highest BCUT2D eigenvalue weighted by Crippen LogP contribution is 2.29. The Hall–Kier alpha value is -1.80. The van der Waals surface area contributed by atoms with Gasteiger partial charge in [-0.2, -0.15) is 0 Å². The molecule has 1 N–H and O–H groups in total. The lowest BCUT2D eigenvalue weighted by molar-refractivity contribution is 0.227. The summed E-state index contributed by atoms with van der Waals surface area (Å²) in [7, 11) is 0. The summed E-state index contributed by atoms with van der Waals surface area (Å²) in [5, 5.41) is 7.69. The van der Waals surface area contributed by atoms with E-state index >= 15 is 0 Å². The van der Waals surface area contributed by atoms with E-state index in [1.54, 1.807) is 12.1 Å². The summed E-state index contributed by atoms with van der Waals surface area (Å²) < 4.78 is 5.82. The second-order valence-electron chi connectivity index (χ2n) is 4.00. The van der Waals surface area contributed by atoms with Gasteiger partial charge in [0.15, 0.2) is 0 Å². The highest BCUT2D eigenvalue weighted by Gasteiger charge is 2.09. The zero-order chi connectivity index (χ0) is 13.0. The molecule has 2 aromatic rings. The molecule has 0 amide bonds. The van der Waals surface area contributed by atoms with E-state index in [9.17, 15) is 0 Å². The molecule has 2 aromatic carbocycles. The zero-order valence-electron chi connectivity index (χ0n) is 10.1. The standard InChI is InChI=1S/C15H14ClNO/c1-11(13-5-3-2-4-6-13)18-15-8-7-12(10-17)9-14(15)16/h2-11,17H,1H3/t11-/m0/s1. The third kappa shape index (κ3) is 2.90. The molecule has 0 aliphatic rings. The van der Waals surface area contributed by atoms with Crippen LogP contribution in [0.1, 0.15) is 24.2 Å². The van der Waals surface area contributed by atoms with Crippen molar-refractivity contribution < 1.29 is 4.74 Å². The van der Waals surface area contributed by atoms with Gasteiger partial charge in [0.2, 0.25) is 0 Å². The van der Waals surface area contributed by atoms with Gasteiger partial charge in [0.25, 0.3) is 0 Å². The molecular weight excluding hydrogens is 246 g/mol. The summed E-state index contributed by atoms with van der Waals surface area (Å²) >= 11 is 6.11. The first-order valence-corrected chi connectivity index (χ1v) is 6.10. The first-order chi connectivity index (χ1) is 8.70. The van der Waals surface area contributed by atoms with Gasteiger partial charge in [0.05, 0.1) is 5.02 Å². The molecule has 0 saturated carbocycles. The van der Waals surface area contributed by atoms with Crippen LogP contribution in [0.3, 0.4) is 0 Å². The summed E-state index contributed by atoms with van der Waals surface area (Å²) in [6.07, 6.45) is 1.20. The molecule has 2 nitrogen and oxygen atoms in total. The van der Waals surface area contributed by atoms with Crippen molar-refractivity contribution in [2.24, 2.45) is 0 Å². The van der Waals surface area contributed by atoms with E-state index < -0.39 is 0 Å². The molecule has 0 bridgehead atoms. The van der Waals surface area contributed by atoms with E-state index in [4.69, 9.17) is 21.7 Å². The lowest BCUT2D eigenvalue weighted by atomic mass is 10.1. The summed E-state index contributed by atoms with van der Waals surface area (Å²) in [4.78, 5) is 0. The van der Waals surface area contributed by atoms with E-state index in [0.717, 1.165) is 11.1 Å². The van der Waals surface area contributed by atoms with Crippen LogP contribution in [0.2, 0.25) is 5.02 Å². The molecule has 0 aliphatic heterocycles. The quantitative estimate of drug-likeness (QED) is 0.807. The van der Waals surface area contributed by atoms with Gasteiger partial charge in [0, 0.05) is 6.21 Å². The van der Waals surface area contributed by atoms with Crippen LogP contribution in [0.5, 0.6) is 5.75 Å². The minimum absolute atomic E-state index is 0.0606. The highest BCUT2D eigenvalue weighted by molar-refractivity contribution is 6.32. The Kier molecular flexibility index (Phi) is 4.00. The molecule has 0 saturated heterocycles. The number of halogens is 1. The number of hydrogen-bond acceptors (Lipinski definition) is 2. The predicted octanol–water partition coefficient (Wildman–Crippen LogP) is 4.48. The first kappa shape index (κ1) is 12.7. The molecule has 92 valence electrons. The van der Waals surface area contributed by atoms with Gasteiger partial charge in [-0.1, -0.05) is 41.9 Å². The molecule has 0 aliphatic carbocycles. The summed E-state index contributed by atoms with van der Waals surface area (Å²) in [6, 6.07) is 15.3. The predicted molar refractivity (Wildman–Crippen MR) is 74.8 cm³/mol. The van der Waals surface area contributed by atoms with Crippen LogP contribution in [-0.2, 0) is 0 Å². The fourth-order valence-corrected chi connectivity index (χ4v) is 1.92. The highest BCUT2D eigenvalue weighted by atomic mass is 35.5. The maximum atomic E-state index is 7.16. The Bertz CT molecular complexity index is 539. The second kappa shape index (κ2) is 5.69. The molecule has 2 rings (SSSR count). The van der Waals surface area contributed by atoms with Gasteiger partial charge in [-0.15, -0.1) is 0 Å². The van der Waals surface area contributed by atoms with Gasteiger partial charge >= 0.3 is 0 Å². The van der Waals surface area contributed by atoms with Crippen LogP contribution in [-0.4, -0.2) is 6.21 Å². The SMILES string of the molecule is C[C@H](Oc1ccc(C=N)cc1Cl)c1ccccc1. The Morgan fingerprint density at radius 3 is 2.50 bits per heavy atom. The number of rotatable bonds is 4. The van der Waals surface area contributed by atoms with Crippen molar-refractivity contribution in [1.82, 2.24) is 0 Å². The van der Waals surface area contributed by atoms with Crippen LogP contribution in [0, 0.1) is 5.41 Å². The van der Waals surface area contributed by atoms with Gasteiger partial charge in [0.1, 0.15) is 11.9 Å². The molecule has 0 spiro atoms. The van der Waals surface area contributed by atoms with Crippen LogP contribution in [0.25, 0.3) is 0 Å². The van der Waals surface area contributed by atoms with Crippen LogP contribution in [0.4, 0.5) is 0 Å². The smallest absolute Gasteiger partial charge is 0.138 e. The maximum Gasteiger partial charge on any atom is 0.138 e. The average Bonchev–Trinajstić information content (AvgIpc) is 2.42. The van der Waals surface area contributed by atoms with Crippen molar-refractivity contribution in [2.75, 3.05) is 0 Å². The van der Waals surface area contributed by atoms with E-state index in [-0.39, 0.29) is 6.10 Å². The third-order valence-electron chi connectivity index (χ3n) is 2.70. The van der Waals surface area contributed by atoms with Gasteiger partial charge in [-0.25, -0.2) is 0 Å². The van der Waals surface area contributed by atoms with Crippen molar-refractivity contribution in [3.05, 3.63) is 64.7 Å². The van der Waals surface area contributed by atoms with Gasteiger partial charge < -0.3 is 10.1 Å². The fourth-order valence-electron chi connectivity index (χ4n) is 1.68. The van der Waals surface area contributed by atoms with E-state index in [1.807, 2.05) is 43.3 Å². The first-order valence-electron chi connectivity index (χ1n) is 5.72. The number of benzene rings is 2. The van der Waals surface area contributed by atoms with E-state index in [0.29, 0.717) is 10.8 Å². The number of hydrogen-bond donors (Lipinski definition) is 1. The monoisotopic (exact) mass is 259 g/mol. The number of ether oxygens (including phenoxy) is 1. The topological polar surface area (TPSA) is 33.1 Å². The number of nitrogens with one attached hydrogen (secondary N) is 1. The lowest BCUT2D eigenvalue weighted by Gasteiger charge is -2.16. The molecule has 0 unspecified atom stereocenters. The molecule has 0 fully saturated rings. The Labute approximate surface area is 112 Å². The van der Waals surface area contributed by atoms with Crippen molar-refractivity contribution in [1.29, 1.82) is 5.41 Å². The molecule has 0 heterocycles. The normalized spacial score (nSPS) is 11.9. The lowest BCUT2D eigenvalue weighted by Crippen LogP contribution is -2.03. The minimum atomic E-state index is -0.0606. The van der Waals surface area contributed by atoms with E-state index in [1.165, 1.54) is 6.21 Å². The zero-order valence-corrected chi connectivity index (χ0v) is 10.8.